The van der Waals surface area contributed by atoms with Gasteiger partial charge < -0.3 is 15.5 Å². The minimum atomic E-state index is 0.0743. The van der Waals surface area contributed by atoms with Gasteiger partial charge in [0.25, 0.3) is 0 Å². The van der Waals surface area contributed by atoms with E-state index in [1.165, 1.54) is 5.56 Å². The summed E-state index contributed by atoms with van der Waals surface area (Å²) in [5, 5.41) is 6.36. The van der Waals surface area contributed by atoms with Crippen molar-refractivity contribution in [2.45, 2.75) is 33.6 Å². The number of amides is 1. The summed E-state index contributed by atoms with van der Waals surface area (Å²) in [5.41, 5.74) is 4.20. The zero-order chi connectivity index (χ0) is 21.1. The topological polar surface area (TPSA) is 44.4 Å². The van der Waals surface area contributed by atoms with Crippen LogP contribution in [0.1, 0.15) is 37.8 Å². The van der Waals surface area contributed by atoms with Gasteiger partial charge in [0.05, 0.1) is 0 Å². The zero-order valence-corrected chi connectivity index (χ0v) is 18.4. The highest BCUT2D eigenvalue weighted by Crippen LogP contribution is 2.22. The van der Waals surface area contributed by atoms with E-state index in [0.717, 1.165) is 40.5 Å². The van der Waals surface area contributed by atoms with Crippen molar-refractivity contribution >= 4 is 24.1 Å². The fourth-order valence-electron chi connectivity index (χ4n) is 2.60. The number of nitrogens with zero attached hydrogens (tertiary/aromatic N) is 1. The number of carbonyl (C=O) groups excluding carboxylic acids is 1. The Morgan fingerprint density at radius 2 is 1.89 bits per heavy atom. The molecular formula is C23H33N3OS. The van der Waals surface area contributed by atoms with Crippen LogP contribution in [0.2, 0.25) is 0 Å². The molecule has 0 saturated heterocycles. The quantitative estimate of drug-likeness (QED) is 0.289. The van der Waals surface area contributed by atoms with Crippen LogP contribution >= 0.6 is 12.6 Å². The third-order valence-corrected chi connectivity index (χ3v) is 5.04. The zero-order valence-electron chi connectivity index (χ0n) is 17.5. The van der Waals surface area contributed by atoms with Gasteiger partial charge in [-0.2, -0.15) is 0 Å². The van der Waals surface area contributed by atoms with Gasteiger partial charge in [-0.15, -0.1) is 12.6 Å². The van der Waals surface area contributed by atoms with Gasteiger partial charge >= 0.3 is 0 Å². The lowest BCUT2D eigenvalue weighted by molar-refractivity contribution is -0.120. The molecule has 0 aliphatic carbocycles. The Labute approximate surface area is 175 Å². The molecular weight excluding hydrogens is 366 g/mol. The number of allylic oxidation sites excluding steroid dienone is 4. The highest BCUT2D eigenvalue weighted by Gasteiger charge is 2.10. The fraction of sp³-hybridized carbons (Fsp3) is 0.348. The predicted molar refractivity (Wildman–Crippen MR) is 124 cm³/mol. The fourth-order valence-corrected chi connectivity index (χ4v) is 2.75. The van der Waals surface area contributed by atoms with E-state index in [2.05, 4.69) is 55.5 Å². The molecule has 0 aliphatic rings. The Morgan fingerprint density at radius 1 is 1.25 bits per heavy atom. The largest absolute Gasteiger partial charge is 0.371 e. The minimum absolute atomic E-state index is 0.0743. The molecule has 1 rings (SSSR count). The molecule has 0 aromatic heterocycles. The molecule has 0 heterocycles. The molecule has 0 fully saturated rings. The molecule has 1 aromatic rings. The lowest BCUT2D eigenvalue weighted by atomic mass is 10.0. The molecule has 28 heavy (non-hydrogen) atoms. The highest BCUT2D eigenvalue weighted by molar-refractivity contribution is 7.84. The van der Waals surface area contributed by atoms with Crippen LogP contribution in [0.25, 0.3) is 5.57 Å². The molecule has 0 saturated carbocycles. The van der Waals surface area contributed by atoms with Gasteiger partial charge in [0.1, 0.15) is 5.82 Å². The molecule has 0 bridgehead atoms. The molecule has 0 radical (unpaired) electrons. The average Bonchev–Trinajstić information content (AvgIpc) is 2.70. The number of nitrogens with one attached hydrogen (secondary N) is 2. The maximum atomic E-state index is 11.4. The third kappa shape index (κ3) is 7.31. The molecule has 1 amide bonds. The minimum Gasteiger partial charge on any atom is -0.371 e. The maximum Gasteiger partial charge on any atom is 0.219 e. The lowest BCUT2D eigenvalue weighted by Crippen LogP contribution is -2.31. The van der Waals surface area contributed by atoms with Gasteiger partial charge in [0.2, 0.25) is 5.91 Å². The lowest BCUT2D eigenvalue weighted by Gasteiger charge is -2.26. The Hall–Kier alpha value is -2.40. The molecule has 0 spiro atoms. The molecule has 5 heteroatoms. The van der Waals surface area contributed by atoms with E-state index < -0.39 is 0 Å². The van der Waals surface area contributed by atoms with E-state index in [1.54, 1.807) is 6.08 Å². The number of rotatable bonds is 11. The molecule has 0 atom stereocenters. The van der Waals surface area contributed by atoms with Gasteiger partial charge in [0.15, 0.2) is 0 Å². The van der Waals surface area contributed by atoms with Gasteiger partial charge in [0, 0.05) is 37.2 Å². The van der Waals surface area contributed by atoms with Crippen molar-refractivity contribution in [3.05, 3.63) is 77.1 Å². The Kier molecular flexibility index (Phi) is 10.2. The van der Waals surface area contributed by atoms with Crippen LogP contribution < -0.4 is 10.6 Å². The average molecular weight is 400 g/mol. The smallest absolute Gasteiger partial charge is 0.219 e. The summed E-state index contributed by atoms with van der Waals surface area (Å²) < 4.78 is 0. The van der Waals surface area contributed by atoms with Crippen molar-refractivity contribution in [1.29, 1.82) is 0 Å². The van der Waals surface area contributed by atoms with Crippen LogP contribution in [0.15, 0.2) is 66.0 Å². The Bertz CT molecular complexity index is 765. The Balaban J connectivity index is 2.97. The van der Waals surface area contributed by atoms with Crippen molar-refractivity contribution in [3.8, 4) is 0 Å². The number of aryl methyl sites for hydroxylation is 1. The van der Waals surface area contributed by atoms with Crippen molar-refractivity contribution in [2.75, 3.05) is 20.1 Å². The SMILES string of the molecule is C=C/C(S)=C(/C)N(C)/C(=C\C(=C)c1ccccc1C)NCCCNC(=O)CC. The summed E-state index contributed by atoms with van der Waals surface area (Å²) in [4.78, 5) is 14.2. The number of thiol groups is 1. The molecule has 152 valence electrons. The van der Waals surface area contributed by atoms with Crippen LogP contribution in [0.3, 0.4) is 0 Å². The summed E-state index contributed by atoms with van der Waals surface area (Å²) in [6, 6.07) is 8.19. The highest BCUT2D eigenvalue weighted by atomic mass is 32.1. The Morgan fingerprint density at radius 3 is 2.50 bits per heavy atom. The maximum absolute atomic E-state index is 11.4. The predicted octanol–water partition coefficient (Wildman–Crippen LogP) is 4.63. The van der Waals surface area contributed by atoms with E-state index in [-0.39, 0.29) is 5.91 Å². The second-order valence-electron chi connectivity index (χ2n) is 6.59. The number of hydrogen-bond acceptors (Lipinski definition) is 4. The first-order valence-corrected chi connectivity index (χ1v) is 9.99. The first-order chi connectivity index (χ1) is 13.3. The first kappa shape index (κ1) is 23.6. The van der Waals surface area contributed by atoms with E-state index in [0.29, 0.717) is 13.0 Å². The van der Waals surface area contributed by atoms with Crippen molar-refractivity contribution in [1.82, 2.24) is 15.5 Å². The molecule has 1 aromatic carbocycles. The van der Waals surface area contributed by atoms with Gasteiger partial charge in [-0.1, -0.05) is 50.4 Å². The monoisotopic (exact) mass is 399 g/mol. The van der Waals surface area contributed by atoms with Gasteiger partial charge in [-0.25, -0.2) is 0 Å². The molecule has 2 N–H and O–H groups in total. The van der Waals surface area contributed by atoms with Crippen LogP contribution in [-0.2, 0) is 4.79 Å². The summed E-state index contributed by atoms with van der Waals surface area (Å²) in [7, 11) is 1.98. The van der Waals surface area contributed by atoms with Crippen molar-refractivity contribution in [3.63, 3.8) is 0 Å². The van der Waals surface area contributed by atoms with Crippen LogP contribution in [0.4, 0.5) is 0 Å². The number of benzene rings is 1. The number of hydrogen-bond donors (Lipinski definition) is 3. The van der Waals surface area contributed by atoms with Crippen molar-refractivity contribution in [2.24, 2.45) is 0 Å². The normalized spacial score (nSPS) is 12.1. The van der Waals surface area contributed by atoms with Crippen LogP contribution in [0, 0.1) is 6.92 Å². The second-order valence-corrected chi connectivity index (χ2v) is 7.07. The van der Waals surface area contributed by atoms with Crippen LogP contribution in [0.5, 0.6) is 0 Å². The van der Waals surface area contributed by atoms with E-state index in [4.69, 9.17) is 0 Å². The summed E-state index contributed by atoms with van der Waals surface area (Å²) >= 11 is 4.49. The van der Waals surface area contributed by atoms with Gasteiger partial charge in [-0.3, -0.25) is 4.79 Å². The second kappa shape index (κ2) is 12.1. The van der Waals surface area contributed by atoms with Crippen molar-refractivity contribution < 1.29 is 4.79 Å². The van der Waals surface area contributed by atoms with E-state index in [1.807, 2.05) is 44.0 Å². The molecule has 0 unspecified atom stereocenters. The standard InChI is InChI=1S/C23H33N3OS/c1-7-21(28)19(5)26(6)22(24-14-11-15-25-23(27)8-2)16-18(4)20-13-10-9-12-17(20)3/h7,9-10,12-13,16,24,28H,1,4,8,11,14-15H2,2-3,5-6H3,(H,25,27)/b21-19+,22-16-. The summed E-state index contributed by atoms with van der Waals surface area (Å²) in [6.45, 7) is 15.4. The number of carbonyl (C=O) groups is 1. The first-order valence-electron chi connectivity index (χ1n) is 9.55. The summed E-state index contributed by atoms with van der Waals surface area (Å²) in [5.74, 6) is 0.992. The van der Waals surface area contributed by atoms with Crippen LogP contribution in [-0.4, -0.2) is 30.9 Å². The van der Waals surface area contributed by atoms with E-state index >= 15 is 0 Å². The molecule has 4 nitrogen and oxygen atoms in total. The summed E-state index contributed by atoms with van der Waals surface area (Å²) in [6.07, 6.45) is 5.10. The molecule has 0 aliphatic heterocycles. The van der Waals surface area contributed by atoms with E-state index in [9.17, 15) is 4.79 Å². The third-order valence-electron chi connectivity index (χ3n) is 4.53. The van der Waals surface area contributed by atoms with Gasteiger partial charge in [-0.05, 0) is 43.0 Å².